The number of hydrogen-bond donors (Lipinski definition) is 2. The van der Waals surface area contributed by atoms with E-state index in [1.54, 1.807) is 18.2 Å². The van der Waals surface area contributed by atoms with Crippen molar-refractivity contribution in [3.05, 3.63) is 76.9 Å². The second-order valence-corrected chi connectivity index (χ2v) is 8.13. The Morgan fingerprint density at radius 1 is 1.07 bits per heavy atom. The lowest BCUT2D eigenvalue weighted by molar-refractivity contribution is -0.115. The second-order valence-electron chi connectivity index (χ2n) is 6.42. The maximum atomic E-state index is 12.8. The number of aryl methyl sites for hydroxylation is 1. The molecule has 0 fully saturated rings. The van der Waals surface area contributed by atoms with E-state index in [-0.39, 0.29) is 16.2 Å². The summed E-state index contributed by atoms with van der Waals surface area (Å²) >= 11 is 0. The van der Waals surface area contributed by atoms with Gasteiger partial charge in [-0.15, -0.1) is 0 Å². The fourth-order valence-electron chi connectivity index (χ4n) is 2.97. The maximum absolute atomic E-state index is 12.8. The summed E-state index contributed by atoms with van der Waals surface area (Å²) in [6.45, 7) is 1.86. The van der Waals surface area contributed by atoms with Gasteiger partial charge in [-0.3, -0.25) is 4.79 Å². The van der Waals surface area contributed by atoms with E-state index < -0.39 is 22.0 Å². The number of allylic oxidation sites excluding steroid dienone is 1. The molecule has 1 atom stereocenters. The third-order valence-electron chi connectivity index (χ3n) is 4.46. The van der Waals surface area contributed by atoms with Crippen LogP contribution >= 0.6 is 0 Å². The van der Waals surface area contributed by atoms with Crippen LogP contribution in [0.25, 0.3) is 0 Å². The molecule has 140 valence electrons. The number of sulfonamides is 1. The van der Waals surface area contributed by atoms with Gasteiger partial charge in [-0.1, -0.05) is 35.9 Å². The molecule has 0 heterocycles. The highest BCUT2D eigenvalue weighted by molar-refractivity contribution is 7.89. The lowest BCUT2D eigenvalue weighted by Gasteiger charge is -2.20. The van der Waals surface area contributed by atoms with Gasteiger partial charge in [0.1, 0.15) is 0 Å². The van der Waals surface area contributed by atoms with Crippen molar-refractivity contribution in [3.63, 3.8) is 0 Å². The second kappa shape index (κ2) is 7.46. The van der Waals surface area contributed by atoms with E-state index in [0.717, 1.165) is 5.56 Å². The van der Waals surface area contributed by atoms with Gasteiger partial charge < -0.3 is 5.11 Å². The quantitative estimate of drug-likeness (QED) is 0.796. The zero-order chi connectivity index (χ0) is 19.6. The molecule has 7 heteroatoms. The predicted molar refractivity (Wildman–Crippen MR) is 100.0 cm³/mol. The summed E-state index contributed by atoms with van der Waals surface area (Å²) in [6.07, 6.45) is 2.63. The monoisotopic (exact) mass is 385 g/mol. The van der Waals surface area contributed by atoms with E-state index in [4.69, 9.17) is 5.11 Å². The number of hydrogen-bond acceptors (Lipinski definition) is 4. The van der Waals surface area contributed by atoms with Gasteiger partial charge in [0.05, 0.1) is 16.5 Å². The molecule has 0 spiro atoms. The molecule has 0 bridgehead atoms. The number of carboxylic acids is 1. The van der Waals surface area contributed by atoms with E-state index in [0.29, 0.717) is 24.0 Å². The molecule has 6 nitrogen and oxygen atoms in total. The number of carbonyl (C=O) groups excluding carboxylic acids is 1. The zero-order valence-electron chi connectivity index (χ0n) is 14.7. The molecule has 0 radical (unpaired) electrons. The number of rotatable bonds is 6. The Hall–Kier alpha value is -2.77. The Kier molecular flexibility index (Phi) is 5.25. The molecule has 3 rings (SSSR count). The smallest absolute Gasteiger partial charge is 0.335 e. The normalized spacial score (nSPS) is 15.4. The molecular formula is C20H19NO5S. The van der Waals surface area contributed by atoms with E-state index in [1.807, 2.05) is 6.92 Å². The summed E-state index contributed by atoms with van der Waals surface area (Å²) in [7, 11) is -3.87. The fraction of sp³-hybridized carbons (Fsp3) is 0.200. The molecule has 1 unspecified atom stereocenters. The summed E-state index contributed by atoms with van der Waals surface area (Å²) in [6, 6.07) is 11.4. The summed E-state index contributed by atoms with van der Waals surface area (Å²) < 4.78 is 28.2. The van der Waals surface area contributed by atoms with Gasteiger partial charge >= 0.3 is 5.97 Å². The van der Waals surface area contributed by atoms with Crippen LogP contribution in [-0.4, -0.2) is 25.3 Å². The molecule has 1 aliphatic rings. The van der Waals surface area contributed by atoms with E-state index >= 15 is 0 Å². The molecular weight excluding hydrogens is 366 g/mol. The van der Waals surface area contributed by atoms with Crippen LogP contribution < -0.4 is 4.72 Å². The van der Waals surface area contributed by atoms with Gasteiger partial charge in [0.25, 0.3) is 0 Å². The molecule has 1 aliphatic carbocycles. The van der Waals surface area contributed by atoms with Crippen molar-refractivity contribution in [1.82, 2.24) is 4.72 Å². The molecule has 2 N–H and O–H groups in total. The highest BCUT2D eigenvalue weighted by Crippen LogP contribution is 2.30. The van der Waals surface area contributed by atoms with Gasteiger partial charge in [-0.25, -0.2) is 13.2 Å². The minimum atomic E-state index is -3.87. The topological polar surface area (TPSA) is 101 Å². The average molecular weight is 385 g/mol. The number of Topliss-reactive ketones (excluding diaryl/α,β-unsaturated/α-hetero) is 1. The van der Waals surface area contributed by atoms with Gasteiger partial charge in [0.2, 0.25) is 10.0 Å². The highest BCUT2D eigenvalue weighted by atomic mass is 32.2. The first kappa shape index (κ1) is 19.0. The Labute approximate surface area is 157 Å². The van der Waals surface area contributed by atoms with Crippen molar-refractivity contribution in [2.75, 3.05) is 0 Å². The highest BCUT2D eigenvalue weighted by Gasteiger charge is 2.30. The Balaban J connectivity index is 1.99. The standard InChI is InChI=1S/C20H19NO5S/c1-13-5-11-16(12-6-13)27(25,26)21-19(17-3-2-4-18(17)22)14-7-9-15(10-8-14)20(23)24/h3,5-12,19,21H,2,4H2,1H3,(H,23,24). The average Bonchev–Trinajstić information content (AvgIpc) is 3.06. The van der Waals surface area contributed by atoms with E-state index in [2.05, 4.69) is 4.72 Å². The summed E-state index contributed by atoms with van der Waals surface area (Å²) in [4.78, 5) is 23.4. The van der Waals surface area contributed by atoms with Crippen molar-refractivity contribution in [3.8, 4) is 0 Å². The van der Waals surface area contributed by atoms with Crippen LogP contribution in [0, 0.1) is 6.92 Å². The molecule has 2 aromatic rings. The minimum absolute atomic E-state index is 0.0885. The number of carbonyl (C=O) groups is 2. The third-order valence-corrected chi connectivity index (χ3v) is 5.90. The maximum Gasteiger partial charge on any atom is 0.335 e. The predicted octanol–water partition coefficient (Wildman–Crippen LogP) is 3.00. The van der Waals surface area contributed by atoms with Gasteiger partial charge in [0, 0.05) is 12.0 Å². The molecule has 0 saturated heterocycles. The molecule has 0 amide bonds. The zero-order valence-corrected chi connectivity index (χ0v) is 15.5. The first-order valence-electron chi connectivity index (χ1n) is 8.43. The number of ketones is 1. The first-order chi connectivity index (χ1) is 12.8. The molecule has 27 heavy (non-hydrogen) atoms. The fourth-order valence-corrected chi connectivity index (χ4v) is 4.17. The van der Waals surface area contributed by atoms with Gasteiger partial charge in [-0.05, 0) is 43.2 Å². The minimum Gasteiger partial charge on any atom is -0.478 e. The largest absolute Gasteiger partial charge is 0.478 e. The Morgan fingerprint density at radius 3 is 2.22 bits per heavy atom. The van der Waals surface area contributed by atoms with Crippen LogP contribution in [-0.2, 0) is 14.8 Å². The summed E-state index contributed by atoms with van der Waals surface area (Å²) in [5.41, 5.74) is 1.92. The van der Waals surface area contributed by atoms with Crippen molar-refractivity contribution in [2.45, 2.75) is 30.7 Å². The van der Waals surface area contributed by atoms with Crippen LogP contribution in [0.2, 0.25) is 0 Å². The number of nitrogens with one attached hydrogen (secondary N) is 1. The van der Waals surface area contributed by atoms with Crippen LogP contribution in [0.4, 0.5) is 0 Å². The first-order valence-corrected chi connectivity index (χ1v) is 9.92. The van der Waals surface area contributed by atoms with Crippen molar-refractivity contribution in [1.29, 1.82) is 0 Å². The Morgan fingerprint density at radius 2 is 1.70 bits per heavy atom. The van der Waals surface area contributed by atoms with E-state index in [1.165, 1.54) is 36.4 Å². The Bertz CT molecular complexity index is 1010. The van der Waals surface area contributed by atoms with Crippen LogP contribution in [0.5, 0.6) is 0 Å². The molecule has 0 aliphatic heterocycles. The van der Waals surface area contributed by atoms with Crippen LogP contribution in [0.15, 0.2) is 65.1 Å². The number of aromatic carboxylic acids is 1. The SMILES string of the molecule is Cc1ccc(S(=O)(=O)NC(C2=CCCC2=O)c2ccc(C(=O)O)cc2)cc1. The van der Waals surface area contributed by atoms with Crippen molar-refractivity contribution < 1.29 is 23.1 Å². The van der Waals surface area contributed by atoms with Gasteiger partial charge in [-0.2, -0.15) is 4.72 Å². The van der Waals surface area contributed by atoms with Crippen LogP contribution in [0.3, 0.4) is 0 Å². The lowest BCUT2D eigenvalue weighted by atomic mass is 9.97. The van der Waals surface area contributed by atoms with Crippen molar-refractivity contribution >= 4 is 21.8 Å². The van der Waals surface area contributed by atoms with Crippen LogP contribution in [0.1, 0.15) is 40.4 Å². The van der Waals surface area contributed by atoms with E-state index in [9.17, 15) is 18.0 Å². The molecule has 2 aromatic carbocycles. The van der Waals surface area contributed by atoms with Crippen molar-refractivity contribution in [2.24, 2.45) is 0 Å². The lowest BCUT2D eigenvalue weighted by Crippen LogP contribution is -2.31. The number of carboxylic acid groups (broad SMARTS) is 1. The number of benzene rings is 2. The molecule has 0 aromatic heterocycles. The summed E-state index contributed by atoms with van der Waals surface area (Å²) in [5.74, 6) is -1.19. The summed E-state index contributed by atoms with van der Waals surface area (Å²) in [5, 5.41) is 9.05. The molecule has 0 saturated carbocycles. The third kappa shape index (κ3) is 4.15. The van der Waals surface area contributed by atoms with Gasteiger partial charge in [0.15, 0.2) is 5.78 Å².